The summed E-state index contributed by atoms with van der Waals surface area (Å²) in [5.41, 5.74) is -1.30. The maximum Gasteiger partial charge on any atom is 0.240 e. The molecule has 4 nitrogen and oxygen atoms in total. The number of ether oxygens (including phenoxy) is 1. The van der Waals surface area contributed by atoms with Crippen LogP contribution in [0.15, 0.2) is 4.47 Å². The highest BCUT2D eigenvalue weighted by Gasteiger charge is 2.63. The summed E-state index contributed by atoms with van der Waals surface area (Å²) in [4.78, 5) is 25.1. The number of nitrogens with zero attached hydrogens (tertiary/aromatic N) is 1. The normalized spacial score (nSPS) is 32.1. The molecular formula is C14H8BrF4NO3. The summed E-state index contributed by atoms with van der Waals surface area (Å²) in [6.07, 6.45) is 0.129. The van der Waals surface area contributed by atoms with Crippen molar-refractivity contribution in [3.63, 3.8) is 0 Å². The van der Waals surface area contributed by atoms with Crippen LogP contribution in [-0.4, -0.2) is 24.0 Å². The molecule has 122 valence electrons. The van der Waals surface area contributed by atoms with E-state index in [1.165, 1.54) is 0 Å². The molecule has 3 fully saturated rings. The number of carbonyl (C=O) groups is 2. The summed E-state index contributed by atoms with van der Waals surface area (Å²) < 4.78 is 60.0. The lowest BCUT2D eigenvalue weighted by Gasteiger charge is -2.19. The molecule has 0 aromatic heterocycles. The Morgan fingerprint density at radius 1 is 0.870 bits per heavy atom. The van der Waals surface area contributed by atoms with E-state index >= 15 is 0 Å². The van der Waals surface area contributed by atoms with E-state index in [0.29, 0.717) is 12.8 Å². The van der Waals surface area contributed by atoms with Crippen LogP contribution in [0.5, 0.6) is 0 Å². The third-order valence-corrected chi connectivity index (χ3v) is 5.39. The van der Waals surface area contributed by atoms with Crippen LogP contribution in [-0.2, 0) is 14.3 Å². The molecule has 4 atom stereocenters. The molecule has 0 N–H and O–H groups in total. The second kappa shape index (κ2) is 4.76. The number of hydrogen-bond acceptors (Lipinski definition) is 3. The first-order valence-electron chi connectivity index (χ1n) is 6.89. The fourth-order valence-corrected chi connectivity index (χ4v) is 4.07. The van der Waals surface area contributed by atoms with Crippen LogP contribution in [0.4, 0.5) is 23.2 Å². The van der Waals surface area contributed by atoms with Crippen LogP contribution in [0.1, 0.15) is 12.8 Å². The average molecular weight is 394 g/mol. The Morgan fingerprint density at radius 2 is 1.30 bits per heavy atom. The number of anilines is 1. The Morgan fingerprint density at radius 3 is 1.74 bits per heavy atom. The molecule has 9 heteroatoms. The molecule has 3 heterocycles. The Hall–Kier alpha value is -1.48. The fourth-order valence-electron chi connectivity index (χ4n) is 3.72. The third kappa shape index (κ3) is 1.74. The fraction of sp³-hybridized carbons (Fsp3) is 0.429. The van der Waals surface area contributed by atoms with Gasteiger partial charge in [-0.25, -0.2) is 22.5 Å². The van der Waals surface area contributed by atoms with E-state index in [4.69, 9.17) is 4.74 Å². The highest BCUT2D eigenvalue weighted by atomic mass is 79.9. The van der Waals surface area contributed by atoms with Crippen molar-refractivity contribution in [3.8, 4) is 0 Å². The number of fused-ring (bicyclic) bond motifs is 5. The average Bonchev–Trinajstić information content (AvgIpc) is 3.20. The van der Waals surface area contributed by atoms with Gasteiger partial charge in [-0.3, -0.25) is 9.59 Å². The quantitative estimate of drug-likeness (QED) is 0.319. The first kappa shape index (κ1) is 15.1. The molecule has 0 radical (unpaired) electrons. The predicted molar refractivity (Wildman–Crippen MR) is 71.3 cm³/mol. The second-order valence-electron chi connectivity index (χ2n) is 5.77. The highest BCUT2D eigenvalue weighted by Crippen LogP contribution is 2.50. The van der Waals surface area contributed by atoms with Crippen molar-refractivity contribution in [1.29, 1.82) is 0 Å². The highest BCUT2D eigenvalue weighted by molar-refractivity contribution is 9.10. The van der Waals surface area contributed by atoms with Crippen molar-refractivity contribution in [2.75, 3.05) is 4.90 Å². The molecule has 0 spiro atoms. The minimum absolute atomic E-state index is 0.229. The largest absolute Gasteiger partial charge is 0.373 e. The maximum absolute atomic E-state index is 14.1. The molecule has 23 heavy (non-hydrogen) atoms. The number of carbonyl (C=O) groups excluding carboxylic acids is 2. The van der Waals surface area contributed by atoms with Gasteiger partial charge < -0.3 is 4.74 Å². The van der Waals surface area contributed by atoms with Crippen LogP contribution < -0.4 is 4.90 Å². The Labute approximate surface area is 135 Å². The van der Waals surface area contributed by atoms with Crippen LogP contribution in [0, 0.1) is 35.1 Å². The summed E-state index contributed by atoms with van der Waals surface area (Å²) in [5.74, 6) is -10.4. The maximum atomic E-state index is 14.1. The van der Waals surface area contributed by atoms with Crippen molar-refractivity contribution in [2.24, 2.45) is 11.8 Å². The van der Waals surface area contributed by atoms with Gasteiger partial charge >= 0.3 is 0 Å². The zero-order chi connectivity index (χ0) is 16.6. The minimum Gasteiger partial charge on any atom is -0.373 e. The van der Waals surface area contributed by atoms with Gasteiger partial charge in [0.25, 0.3) is 0 Å². The Kier molecular flexibility index (Phi) is 3.12. The monoisotopic (exact) mass is 393 g/mol. The molecule has 2 bridgehead atoms. The summed E-state index contributed by atoms with van der Waals surface area (Å²) in [6, 6.07) is 0. The molecule has 1 unspecified atom stereocenters. The molecule has 1 aromatic carbocycles. The molecule has 0 aliphatic carbocycles. The molecule has 0 saturated carbocycles. The third-order valence-electron chi connectivity index (χ3n) is 4.69. The van der Waals surface area contributed by atoms with Gasteiger partial charge in [0, 0.05) is 0 Å². The van der Waals surface area contributed by atoms with Gasteiger partial charge in [0.2, 0.25) is 11.8 Å². The Balaban J connectivity index is 1.87. The number of hydrogen-bond donors (Lipinski definition) is 0. The summed E-state index contributed by atoms with van der Waals surface area (Å²) in [5, 5.41) is 0. The van der Waals surface area contributed by atoms with Crippen molar-refractivity contribution in [1.82, 2.24) is 0 Å². The zero-order valence-corrected chi connectivity index (χ0v) is 12.9. The van der Waals surface area contributed by atoms with E-state index in [1.54, 1.807) is 0 Å². The van der Waals surface area contributed by atoms with Gasteiger partial charge in [-0.2, -0.15) is 0 Å². The first-order chi connectivity index (χ1) is 10.8. The molecular weight excluding hydrogens is 386 g/mol. The van der Waals surface area contributed by atoms with Crippen LogP contribution in [0.25, 0.3) is 0 Å². The molecule has 3 aliphatic heterocycles. The van der Waals surface area contributed by atoms with Crippen LogP contribution >= 0.6 is 15.9 Å². The standard InChI is InChI=1S/C14H8BrF4NO3/c15-7-8(16)10(18)12(11(19)9(7)17)20-13(21)5-3-1-2-4(23-3)6(5)14(20)22/h3-6H,1-2H2/t3-,4+,5-,6?/m1/s1. The predicted octanol–water partition coefficient (Wildman–Crippen LogP) is 2.67. The van der Waals surface area contributed by atoms with E-state index in [1.807, 2.05) is 0 Å². The lowest BCUT2D eigenvalue weighted by Crippen LogP contribution is -2.36. The topological polar surface area (TPSA) is 46.6 Å². The number of benzene rings is 1. The van der Waals surface area contributed by atoms with Gasteiger partial charge in [0.1, 0.15) is 5.69 Å². The molecule has 4 rings (SSSR count). The smallest absolute Gasteiger partial charge is 0.240 e. The van der Waals surface area contributed by atoms with E-state index in [0.717, 1.165) is 0 Å². The zero-order valence-electron chi connectivity index (χ0n) is 11.3. The van der Waals surface area contributed by atoms with Crippen molar-refractivity contribution < 1.29 is 31.9 Å². The van der Waals surface area contributed by atoms with Crippen molar-refractivity contribution in [2.45, 2.75) is 25.0 Å². The molecule has 1 aromatic rings. The lowest BCUT2D eigenvalue weighted by atomic mass is 9.81. The SMILES string of the molecule is O=C1C2[C@@H]3CC[C@@H](O3)[C@H]2C(=O)N1c1c(F)c(F)c(Br)c(F)c1F. The first-order valence-corrected chi connectivity index (χ1v) is 7.68. The van der Waals surface area contributed by atoms with Gasteiger partial charge in [-0.05, 0) is 28.8 Å². The number of halogens is 5. The number of amides is 2. The minimum atomic E-state index is -1.79. The van der Waals surface area contributed by atoms with E-state index < -0.39 is 69.3 Å². The van der Waals surface area contributed by atoms with Gasteiger partial charge in [0.15, 0.2) is 23.3 Å². The van der Waals surface area contributed by atoms with E-state index in [-0.39, 0.29) is 4.90 Å². The van der Waals surface area contributed by atoms with Gasteiger partial charge in [-0.1, -0.05) is 0 Å². The van der Waals surface area contributed by atoms with E-state index in [2.05, 4.69) is 15.9 Å². The Bertz CT molecular complexity index is 714. The van der Waals surface area contributed by atoms with E-state index in [9.17, 15) is 27.2 Å². The summed E-state index contributed by atoms with van der Waals surface area (Å²) in [7, 11) is 0. The molecule has 3 aliphatic rings. The van der Waals surface area contributed by atoms with Crippen molar-refractivity contribution >= 4 is 33.4 Å². The summed E-state index contributed by atoms with van der Waals surface area (Å²) >= 11 is 2.39. The number of imide groups is 1. The van der Waals surface area contributed by atoms with Crippen LogP contribution in [0.2, 0.25) is 0 Å². The van der Waals surface area contributed by atoms with Crippen molar-refractivity contribution in [3.05, 3.63) is 27.7 Å². The van der Waals surface area contributed by atoms with Gasteiger partial charge in [0.05, 0.1) is 28.5 Å². The molecule has 2 amide bonds. The number of rotatable bonds is 1. The van der Waals surface area contributed by atoms with Crippen LogP contribution in [0.3, 0.4) is 0 Å². The summed E-state index contributed by atoms with van der Waals surface area (Å²) in [6.45, 7) is 0. The molecule has 3 saturated heterocycles. The second-order valence-corrected chi connectivity index (χ2v) is 6.57. The lowest BCUT2D eigenvalue weighted by molar-refractivity contribution is -0.124. The van der Waals surface area contributed by atoms with Gasteiger partial charge in [-0.15, -0.1) is 0 Å².